The summed E-state index contributed by atoms with van der Waals surface area (Å²) < 4.78 is 5.66. The van der Waals surface area contributed by atoms with Crippen LogP contribution in [-0.2, 0) is 17.7 Å². The summed E-state index contributed by atoms with van der Waals surface area (Å²) in [5.41, 5.74) is 3.47. The van der Waals surface area contributed by atoms with E-state index in [4.69, 9.17) is 14.7 Å². The van der Waals surface area contributed by atoms with Crippen molar-refractivity contribution in [2.45, 2.75) is 32.9 Å². The zero-order valence-corrected chi connectivity index (χ0v) is 21.2. The largest absolute Gasteiger partial charge is 0.377 e. The van der Waals surface area contributed by atoms with Crippen molar-refractivity contribution in [2.24, 2.45) is 0 Å². The van der Waals surface area contributed by atoms with Crippen LogP contribution in [-0.4, -0.2) is 70.7 Å². The number of thiazole rings is 1. The van der Waals surface area contributed by atoms with Crippen LogP contribution in [0, 0.1) is 0 Å². The lowest BCUT2D eigenvalue weighted by molar-refractivity contribution is 0.0731. The molecule has 36 heavy (non-hydrogen) atoms. The smallest absolute Gasteiger partial charge is 0.319 e. The summed E-state index contributed by atoms with van der Waals surface area (Å²) in [4.78, 5) is 43.1. The van der Waals surface area contributed by atoms with Gasteiger partial charge in [0.15, 0.2) is 10.8 Å². The first-order valence-corrected chi connectivity index (χ1v) is 13.0. The fraction of sp³-hybridized carbons (Fsp3) is 0.400. The fourth-order valence-electron chi connectivity index (χ4n) is 4.50. The number of nitrogens with zero attached hydrogens (tertiary/aromatic N) is 5. The number of anilines is 2. The minimum atomic E-state index is -0.246. The molecule has 2 aromatic heterocycles. The first-order valence-electron chi connectivity index (χ1n) is 12.1. The molecule has 1 atom stereocenters. The van der Waals surface area contributed by atoms with Gasteiger partial charge in [-0.3, -0.25) is 4.79 Å². The van der Waals surface area contributed by atoms with E-state index in [2.05, 4.69) is 27.4 Å². The lowest BCUT2D eigenvalue weighted by Crippen LogP contribution is -2.45. The molecule has 5 rings (SSSR count). The number of hydrogen-bond acceptors (Lipinski definition) is 8. The Morgan fingerprint density at radius 2 is 2.03 bits per heavy atom. The van der Waals surface area contributed by atoms with Crippen LogP contribution in [0.1, 0.15) is 34.9 Å². The van der Waals surface area contributed by atoms with E-state index in [1.165, 1.54) is 11.3 Å². The summed E-state index contributed by atoms with van der Waals surface area (Å²) in [7, 11) is 0. The maximum absolute atomic E-state index is 13.0. The van der Waals surface area contributed by atoms with Crippen LogP contribution in [0.2, 0.25) is 0 Å². The Morgan fingerprint density at radius 1 is 1.19 bits per heavy atom. The second-order valence-electron chi connectivity index (χ2n) is 8.79. The van der Waals surface area contributed by atoms with Crippen LogP contribution in [0.4, 0.5) is 16.3 Å². The Bertz CT molecular complexity index is 1230. The molecule has 1 aromatic carbocycles. The molecule has 2 aliphatic rings. The van der Waals surface area contributed by atoms with Gasteiger partial charge in [-0.25, -0.2) is 19.7 Å². The van der Waals surface area contributed by atoms with Crippen molar-refractivity contribution in [3.05, 3.63) is 52.1 Å². The van der Waals surface area contributed by atoms with Gasteiger partial charge in [0.05, 0.1) is 31.5 Å². The maximum atomic E-state index is 13.0. The number of aromatic nitrogens is 3. The molecule has 0 spiro atoms. The zero-order chi connectivity index (χ0) is 25.1. The molecule has 2 aliphatic heterocycles. The number of hydrogen-bond donors (Lipinski definition) is 2. The fourth-order valence-corrected chi connectivity index (χ4v) is 5.10. The summed E-state index contributed by atoms with van der Waals surface area (Å²) in [5.74, 6) is 1.44. The minimum absolute atomic E-state index is 0.0714. The highest BCUT2D eigenvalue weighted by molar-refractivity contribution is 7.11. The van der Waals surface area contributed by atoms with Gasteiger partial charge >= 0.3 is 6.03 Å². The third-order valence-corrected chi connectivity index (χ3v) is 7.08. The zero-order valence-electron chi connectivity index (χ0n) is 20.4. The van der Waals surface area contributed by atoms with Gasteiger partial charge in [-0.15, -0.1) is 11.3 Å². The molecule has 3 aromatic rings. The van der Waals surface area contributed by atoms with Crippen molar-refractivity contribution in [3.8, 4) is 11.4 Å². The molecule has 1 fully saturated rings. The molecule has 0 saturated carbocycles. The van der Waals surface area contributed by atoms with E-state index in [0.717, 1.165) is 29.2 Å². The molecule has 10 nitrogen and oxygen atoms in total. The quantitative estimate of drug-likeness (QED) is 0.545. The lowest BCUT2D eigenvalue weighted by Gasteiger charge is -2.37. The molecule has 188 valence electrons. The molecule has 0 aliphatic carbocycles. The maximum Gasteiger partial charge on any atom is 0.319 e. The average Bonchev–Trinajstić information content (AvgIpc) is 3.43. The van der Waals surface area contributed by atoms with Gasteiger partial charge < -0.3 is 25.2 Å². The van der Waals surface area contributed by atoms with E-state index in [-0.39, 0.29) is 18.0 Å². The molecule has 0 unspecified atom stereocenters. The predicted octanol–water partition coefficient (Wildman–Crippen LogP) is 3.17. The minimum Gasteiger partial charge on any atom is -0.377 e. The number of urea groups is 1. The van der Waals surface area contributed by atoms with Crippen LogP contribution < -0.4 is 15.5 Å². The van der Waals surface area contributed by atoms with Gasteiger partial charge in [-0.2, -0.15) is 0 Å². The van der Waals surface area contributed by atoms with Crippen LogP contribution in [0.15, 0.2) is 35.8 Å². The Morgan fingerprint density at radius 3 is 2.75 bits per heavy atom. The van der Waals surface area contributed by atoms with E-state index in [0.29, 0.717) is 55.8 Å². The summed E-state index contributed by atoms with van der Waals surface area (Å²) >= 11 is 1.35. The van der Waals surface area contributed by atoms with Crippen LogP contribution in [0.25, 0.3) is 11.4 Å². The second kappa shape index (κ2) is 10.6. The number of morpholine rings is 1. The van der Waals surface area contributed by atoms with Crippen molar-refractivity contribution in [3.63, 3.8) is 0 Å². The number of rotatable bonds is 5. The van der Waals surface area contributed by atoms with Gasteiger partial charge in [0.1, 0.15) is 5.82 Å². The number of fused-ring (bicyclic) bond motifs is 1. The standard InChI is InChI=1S/C25H29N7O3S/c1-3-26-25(34)28-18-6-4-17(5-7-18)21-29-20-14-31(24(33)23-27-9-13-36-23)10-8-19(20)22(30-21)32-11-12-35-15-16(32)2/h4-7,9,13,16H,3,8,10-12,14-15H2,1-2H3,(H2,26,28,34)/t16-/m0/s1. The van der Waals surface area contributed by atoms with Crippen molar-refractivity contribution < 1.29 is 14.3 Å². The Balaban J connectivity index is 1.48. The van der Waals surface area contributed by atoms with E-state index < -0.39 is 0 Å². The molecule has 3 amide bonds. The number of benzene rings is 1. The van der Waals surface area contributed by atoms with Gasteiger partial charge in [-0.1, -0.05) is 0 Å². The summed E-state index contributed by atoms with van der Waals surface area (Å²) in [6.45, 7) is 7.60. The molecular weight excluding hydrogens is 478 g/mol. The van der Waals surface area contributed by atoms with Crippen LogP contribution >= 0.6 is 11.3 Å². The Labute approximate surface area is 213 Å². The number of ether oxygens (including phenoxy) is 1. The molecule has 0 radical (unpaired) electrons. The number of amides is 3. The van der Waals surface area contributed by atoms with Crippen LogP contribution in [0.5, 0.6) is 0 Å². The van der Waals surface area contributed by atoms with Gasteiger partial charge in [0.25, 0.3) is 5.91 Å². The van der Waals surface area contributed by atoms with E-state index in [1.54, 1.807) is 6.20 Å². The van der Waals surface area contributed by atoms with Gasteiger partial charge in [-0.05, 0) is 44.5 Å². The Hall–Kier alpha value is -3.57. The molecule has 1 saturated heterocycles. The van der Waals surface area contributed by atoms with Gasteiger partial charge in [0.2, 0.25) is 0 Å². The third kappa shape index (κ3) is 5.02. The SMILES string of the molecule is CCNC(=O)Nc1ccc(-c2nc3c(c(N4CCOC[C@@H]4C)n2)CCN(C(=O)c2nccs2)C3)cc1. The van der Waals surface area contributed by atoms with E-state index >= 15 is 0 Å². The second-order valence-corrected chi connectivity index (χ2v) is 9.68. The molecular formula is C25H29N7O3S. The highest BCUT2D eigenvalue weighted by atomic mass is 32.1. The number of nitrogens with one attached hydrogen (secondary N) is 2. The summed E-state index contributed by atoms with van der Waals surface area (Å²) in [6, 6.07) is 7.41. The number of carbonyl (C=O) groups excluding carboxylic acids is 2. The van der Waals surface area contributed by atoms with E-state index in [9.17, 15) is 9.59 Å². The van der Waals surface area contributed by atoms with Crippen molar-refractivity contribution >= 4 is 34.8 Å². The molecule has 4 heterocycles. The van der Waals surface area contributed by atoms with E-state index in [1.807, 2.05) is 41.5 Å². The molecule has 2 N–H and O–H groups in total. The topological polar surface area (TPSA) is 113 Å². The lowest BCUT2D eigenvalue weighted by atomic mass is 10.0. The predicted molar refractivity (Wildman–Crippen MR) is 138 cm³/mol. The Kier molecular flexibility index (Phi) is 7.10. The molecule has 0 bridgehead atoms. The normalized spacial score (nSPS) is 17.4. The highest BCUT2D eigenvalue weighted by Crippen LogP contribution is 2.32. The first kappa shape index (κ1) is 24.1. The summed E-state index contributed by atoms with van der Waals surface area (Å²) in [6.07, 6.45) is 2.33. The monoisotopic (exact) mass is 507 g/mol. The number of carbonyl (C=O) groups is 2. The molecule has 11 heteroatoms. The van der Waals surface area contributed by atoms with Crippen molar-refractivity contribution in [1.29, 1.82) is 0 Å². The van der Waals surface area contributed by atoms with Crippen LogP contribution in [0.3, 0.4) is 0 Å². The summed E-state index contributed by atoms with van der Waals surface area (Å²) in [5, 5.41) is 7.83. The van der Waals surface area contributed by atoms with Crippen molar-refractivity contribution in [1.82, 2.24) is 25.2 Å². The highest BCUT2D eigenvalue weighted by Gasteiger charge is 2.31. The first-order chi connectivity index (χ1) is 17.5. The van der Waals surface area contributed by atoms with Gasteiger partial charge in [0, 0.05) is 48.0 Å². The third-order valence-electron chi connectivity index (χ3n) is 6.32. The average molecular weight is 508 g/mol. The van der Waals surface area contributed by atoms with Crippen molar-refractivity contribution in [2.75, 3.05) is 43.1 Å².